The minimum absolute atomic E-state index is 0.0286. The van der Waals surface area contributed by atoms with Gasteiger partial charge in [0.2, 0.25) is 0 Å². The lowest BCUT2D eigenvalue weighted by Gasteiger charge is -2.04. The molecule has 0 aliphatic heterocycles. The molecule has 3 aromatic rings. The molecule has 3 rings (SSSR count). The summed E-state index contributed by atoms with van der Waals surface area (Å²) >= 11 is 6.53. The smallest absolute Gasteiger partial charge is 0.294 e. The third-order valence-electron chi connectivity index (χ3n) is 3.87. The van der Waals surface area contributed by atoms with Crippen LogP contribution in [-0.2, 0) is 6.54 Å². The first-order chi connectivity index (χ1) is 12.1. The van der Waals surface area contributed by atoms with Crippen molar-refractivity contribution in [1.82, 2.24) is 4.57 Å². The second kappa shape index (κ2) is 7.36. The summed E-state index contributed by atoms with van der Waals surface area (Å²) < 4.78 is 2.04. The van der Waals surface area contributed by atoms with E-state index in [1.165, 1.54) is 6.07 Å². The molecule has 128 valence electrons. The predicted octanol–water partition coefficient (Wildman–Crippen LogP) is 5.06. The molecule has 7 heteroatoms. The SMILES string of the molecule is CCCn1c(Cl)c(C=NNc2ccccc2[N+](=O)[O-])c2ccccc21. The van der Waals surface area contributed by atoms with Gasteiger partial charge in [-0.05, 0) is 18.6 Å². The van der Waals surface area contributed by atoms with Gasteiger partial charge in [-0.25, -0.2) is 0 Å². The Kier molecular flexibility index (Phi) is 5.00. The summed E-state index contributed by atoms with van der Waals surface area (Å²) in [6, 6.07) is 14.3. The molecule has 0 amide bonds. The van der Waals surface area contributed by atoms with Crippen LogP contribution in [0.25, 0.3) is 10.9 Å². The van der Waals surface area contributed by atoms with Gasteiger partial charge in [-0.2, -0.15) is 5.10 Å². The summed E-state index contributed by atoms with van der Waals surface area (Å²) in [4.78, 5) is 10.6. The van der Waals surface area contributed by atoms with Crippen molar-refractivity contribution in [3.63, 3.8) is 0 Å². The Bertz CT molecular complexity index is 949. The Morgan fingerprint density at radius 3 is 2.72 bits per heavy atom. The third-order valence-corrected chi connectivity index (χ3v) is 4.28. The quantitative estimate of drug-likeness (QED) is 0.381. The van der Waals surface area contributed by atoms with E-state index < -0.39 is 4.92 Å². The van der Waals surface area contributed by atoms with E-state index in [0.717, 1.165) is 29.4 Å². The Morgan fingerprint density at radius 2 is 1.96 bits per heavy atom. The Morgan fingerprint density at radius 1 is 1.24 bits per heavy atom. The Labute approximate surface area is 149 Å². The van der Waals surface area contributed by atoms with Gasteiger partial charge in [-0.1, -0.05) is 48.9 Å². The summed E-state index contributed by atoms with van der Waals surface area (Å²) in [5, 5.41) is 16.8. The number of anilines is 1. The van der Waals surface area contributed by atoms with Crippen LogP contribution in [0.4, 0.5) is 11.4 Å². The zero-order valence-corrected chi connectivity index (χ0v) is 14.4. The second-order valence-electron chi connectivity index (χ2n) is 5.52. The number of nitro groups is 1. The number of rotatable bonds is 6. The number of aryl methyl sites for hydroxylation is 1. The number of aromatic nitrogens is 1. The van der Waals surface area contributed by atoms with Crippen molar-refractivity contribution >= 4 is 40.1 Å². The first kappa shape index (κ1) is 17.0. The molecule has 0 aliphatic rings. The van der Waals surface area contributed by atoms with Crippen molar-refractivity contribution in [3.8, 4) is 0 Å². The standard InChI is InChI=1S/C18H17ClN4O2/c1-2-11-22-16-9-5-3-7-13(16)14(18(22)19)12-20-21-15-8-4-6-10-17(15)23(24)25/h3-10,12,21H,2,11H2,1H3. The van der Waals surface area contributed by atoms with Crippen molar-refractivity contribution in [2.75, 3.05) is 5.43 Å². The lowest BCUT2D eigenvalue weighted by molar-refractivity contribution is -0.384. The average molecular weight is 357 g/mol. The van der Waals surface area contributed by atoms with Crippen molar-refractivity contribution in [2.45, 2.75) is 19.9 Å². The van der Waals surface area contributed by atoms with E-state index in [9.17, 15) is 10.1 Å². The lowest BCUT2D eigenvalue weighted by atomic mass is 10.2. The van der Waals surface area contributed by atoms with Crippen molar-refractivity contribution in [2.24, 2.45) is 5.10 Å². The van der Waals surface area contributed by atoms with Crippen molar-refractivity contribution < 1.29 is 4.92 Å². The van der Waals surface area contributed by atoms with Gasteiger partial charge in [0, 0.05) is 29.1 Å². The summed E-state index contributed by atoms with van der Waals surface area (Å²) in [7, 11) is 0. The largest absolute Gasteiger partial charge is 0.331 e. The number of halogens is 1. The molecule has 0 bridgehead atoms. The molecule has 0 atom stereocenters. The maximum absolute atomic E-state index is 11.0. The van der Waals surface area contributed by atoms with Gasteiger partial charge in [0.25, 0.3) is 5.69 Å². The maximum Gasteiger partial charge on any atom is 0.294 e. The molecule has 25 heavy (non-hydrogen) atoms. The third kappa shape index (κ3) is 3.34. The normalized spacial score (nSPS) is 11.3. The van der Waals surface area contributed by atoms with Crippen LogP contribution in [0.15, 0.2) is 53.6 Å². The van der Waals surface area contributed by atoms with Gasteiger partial charge in [0.1, 0.15) is 10.8 Å². The van der Waals surface area contributed by atoms with Crippen LogP contribution in [0, 0.1) is 10.1 Å². The molecule has 0 fully saturated rings. The Hall–Kier alpha value is -2.86. The van der Waals surface area contributed by atoms with Gasteiger partial charge >= 0.3 is 0 Å². The van der Waals surface area contributed by atoms with E-state index in [1.54, 1.807) is 24.4 Å². The van der Waals surface area contributed by atoms with E-state index in [2.05, 4.69) is 17.5 Å². The highest BCUT2D eigenvalue weighted by Gasteiger charge is 2.14. The van der Waals surface area contributed by atoms with Crippen molar-refractivity contribution in [1.29, 1.82) is 0 Å². The lowest BCUT2D eigenvalue weighted by Crippen LogP contribution is -1.98. The van der Waals surface area contributed by atoms with Gasteiger partial charge in [0.05, 0.1) is 11.1 Å². The highest BCUT2D eigenvalue weighted by atomic mass is 35.5. The maximum atomic E-state index is 11.0. The van der Waals surface area contributed by atoms with E-state index in [4.69, 9.17) is 11.6 Å². The van der Waals surface area contributed by atoms with Crippen LogP contribution in [0.3, 0.4) is 0 Å². The van der Waals surface area contributed by atoms with E-state index >= 15 is 0 Å². The monoisotopic (exact) mass is 356 g/mol. The number of para-hydroxylation sites is 3. The number of nitrogens with one attached hydrogen (secondary N) is 1. The molecular formula is C18H17ClN4O2. The molecule has 0 saturated heterocycles. The zero-order chi connectivity index (χ0) is 17.8. The summed E-state index contributed by atoms with van der Waals surface area (Å²) in [5.41, 5.74) is 4.87. The van der Waals surface area contributed by atoms with Crippen molar-refractivity contribution in [3.05, 3.63) is 69.4 Å². The van der Waals surface area contributed by atoms with Crippen LogP contribution in [0.2, 0.25) is 5.15 Å². The molecule has 1 heterocycles. The highest BCUT2D eigenvalue weighted by molar-refractivity contribution is 6.34. The highest BCUT2D eigenvalue weighted by Crippen LogP contribution is 2.29. The van der Waals surface area contributed by atoms with Crippen LogP contribution < -0.4 is 5.43 Å². The number of fused-ring (bicyclic) bond motifs is 1. The minimum Gasteiger partial charge on any atom is -0.331 e. The van der Waals surface area contributed by atoms with Crippen LogP contribution >= 0.6 is 11.6 Å². The van der Waals surface area contributed by atoms with Gasteiger partial charge in [-0.15, -0.1) is 0 Å². The molecule has 0 saturated carbocycles. The number of hydrogen-bond acceptors (Lipinski definition) is 4. The molecule has 0 radical (unpaired) electrons. The molecule has 6 nitrogen and oxygen atoms in total. The number of benzene rings is 2. The number of hydrogen-bond donors (Lipinski definition) is 1. The molecule has 0 aliphatic carbocycles. The van der Waals surface area contributed by atoms with Crippen LogP contribution in [0.1, 0.15) is 18.9 Å². The predicted molar refractivity (Wildman–Crippen MR) is 102 cm³/mol. The molecule has 0 spiro atoms. The second-order valence-corrected chi connectivity index (χ2v) is 5.88. The molecule has 0 unspecified atom stereocenters. The van der Waals surface area contributed by atoms with Gasteiger partial charge < -0.3 is 4.57 Å². The van der Waals surface area contributed by atoms with Gasteiger partial charge in [0.15, 0.2) is 0 Å². The number of hydrazone groups is 1. The minimum atomic E-state index is -0.446. The fraction of sp³-hybridized carbons (Fsp3) is 0.167. The molecule has 1 N–H and O–H groups in total. The number of nitro benzene ring substituents is 1. The van der Waals surface area contributed by atoms with E-state index in [-0.39, 0.29) is 5.69 Å². The van der Waals surface area contributed by atoms with Gasteiger partial charge in [-0.3, -0.25) is 15.5 Å². The fourth-order valence-electron chi connectivity index (χ4n) is 2.76. The topological polar surface area (TPSA) is 72.5 Å². The number of nitrogens with zero attached hydrogens (tertiary/aromatic N) is 3. The van der Waals surface area contributed by atoms with E-state index in [0.29, 0.717) is 10.8 Å². The molecule has 2 aromatic carbocycles. The molecule has 1 aromatic heterocycles. The van der Waals surface area contributed by atoms with E-state index in [1.807, 2.05) is 28.8 Å². The average Bonchev–Trinajstić information content (AvgIpc) is 2.88. The fourth-order valence-corrected chi connectivity index (χ4v) is 3.08. The Balaban J connectivity index is 1.95. The molecular weight excluding hydrogens is 340 g/mol. The van der Waals surface area contributed by atoms with Crippen LogP contribution in [-0.4, -0.2) is 15.7 Å². The zero-order valence-electron chi connectivity index (χ0n) is 13.6. The van der Waals surface area contributed by atoms with Crippen LogP contribution in [0.5, 0.6) is 0 Å². The summed E-state index contributed by atoms with van der Waals surface area (Å²) in [6.07, 6.45) is 2.57. The summed E-state index contributed by atoms with van der Waals surface area (Å²) in [5.74, 6) is 0. The first-order valence-electron chi connectivity index (χ1n) is 7.92. The summed E-state index contributed by atoms with van der Waals surface area (Å²) in [6.45, 7) is 2.90. The first-order valence-corrected chi connectivity index (χ1v) is 8.30.